The van der Waals surface area contributed by atoms with E-state index in [1.807, 2.05) is 0 Å². The Labute approximate surface area is 97.3 Å². The van der Waals surface area contributed by atoms with Gasteiger partial charge in [-0.2, -0.15) is 0 Å². The van der Waals surface area contributed by atoms with E-state index in [1.165, 1.54) is 0 Å². The Hall–Kier alpha value is -0.770. The van der Waals surface area contributed by atoms with Crippen LogP contribution in [0, 0.1) is 5.92 Å². The molecule has 0 radical (unpaired) electrons. The van der Waals surface area contributed by atoms with Crippen LogP contribution in [0.15, 0.2) is 23.2 Å². The lowest BCUT2D eigenvalue weighted by atomic mass is 9.92. The predicted molar refractivity (Wildman–Crippen MR) is 59.6 cm³/mol. The van der Waals surface area contributed by atoms with E-state index < -0.39 is 0 Å². The summed E-state index contributed by atoms with van der Waals surface area (Å²) < 4.78 is 10.5. The summed E-state index contributed by atoms with van der Waals surface area (Å²) in [6, 6.07) is 0. The summed E-state index contributed by atoms with van der Waals surface area (Å²) in [6.45, 7) is 0. The van der Waals surface area contributed by atoms with Crippen molar-refractivity contribution in [2.75, 3.05) is 14.2 Å². The van der Waals surface area contributed by atoms with Crippen LogP contribution in [-0.2, 0) is 14.3 Å². The van der Waals surface area contributed by atoms with Gasteiger partial charge in [-0.05, 0) is 6.42 Å². The molecule has 0 N–H and O–H groups in total. The maximum absolute atomic E-state index is 11.7. The summed E-state index contributed by atoms with van der Waals surface area (Å²) in [5.74, 6) is 1.89. The molecule has 15 heavy (non-hydrogen) atoms. The Morgan fingerprint density at radius 1 is 1.40 bits per heavy atom. The first-order chi connectivity index (χ1) is 7.19. The number of hydrogen-bond donors (Lipinski definition) is 0. The van der Waals surface area contributed by atoms with Gasteiger partial charge in [0.2, 0.25) is 0 Å². The van der Waals surface area contributed by atoms with Gasteiger partial charge in [-0.25, -0.2) is 0 Å². The van der Waals surface area contributed by atoms with Gasteiger partial charge in [0.15, 0.2) is 5.78 Å². The van der Waals surface area contributed by atoms with E-state index in [9.17, 15) is 4.79 Å². The highest BCUT2D eigenvalue weighted by atomic mass is 79.9. The summed E-state index contributed by atoms with van der Waals surface area (Å²) in [5, 5.41) is 0. The molecular formula is C11H13BrO3. The van der Waals surface area contributed by atoms with Crippen LogP contribution in [0.25, 0.3) is 0 Å². The van der Waals surface area contributed by atoms with E-state index in [-0.39, 0.29) is 16.5 Å². The predicted octanol–water partition coefficient (Wildman–Crippen LogP) is 2.17. The standard InChI is InChI=1S/C11H13BrO3/c1-14-8-5-9(15-2)11(12)6-3-4-7(13)10(6)8/h5-6,11H,3-4H2,1-2H3. The number of fused-ring (bicyclic) bond motifs is 1. The number of methoxy groups -OCH3 is 2. The third-order valence-electron chi connectivity index (χ3n) is 2.97. The zero-order chi connectivity index (χ0) is 11.0. The zero-order valence-electron chi connectivity index (χ0n) is 8.75. The van der Waals surface area contributed by atoms with Gasteiger partial charge in [0.05, 0.1) is 19.0 Å². The molecule has 0 bridgehead atoms. The fourth-order valence-electron chi connectivity index (χ4n) is 2.21. The Kier molecular flexibility index (Phi) is 2.87. The Morgan fingerprint density at radius 3 is 2.73 bits per heavy atom. The zero-order valence-corrected chi connectivity index (χ0v) is 10.3. The molecule has 0 saturated heterocycles. The number of Topliss-reactive ketones (excluding diaryl/α,β-unsaturated/α-hetero) is 1. The molecule has 3 nitrogen and oxygen atoms in total. The number of rotatable bonds is 2. The first-order valence-corrected chi connectivity index (χ1v) is 5.81. The molecule has 1 fully saturated rings. The van der Waals surface area contributed by atoms with E-state index in [1.54, 1.807) is 20.3 Å². The molecule has 4 heteroatoms. The van der Waals surface area contributed by atoms with Crippen molar-refractivity contribution in [1.82, 2.24) is 0 Å². The number of carbonyl (C=O) groups excluding carboxylic acids is 1. The van der Waals surface area contributed by atoms with Crippen molar-refractivity contribution in [1.29, 1.82) is 0 Å². The van der Waals surface area contributed by atoms with Gasteiger partial charge < -0.3 is 9.47 Å². The number of allylic oxidation sites excluding steroid dienone is 3. The van der Waals surface area contributed by atoms with E-state index in [4.69, 9.17) is 9.47 Å². The van der Waals surface area contributed by atoms with Crippen molar-refractivity contribution >= 4 is 21.7 Å². The van der Waals surface area contributed by atoms with Crippen LogP contribution in [0.3, 0.4) is 0 Å². The van der Waals surface area contributed by atoms with Crippen molar-refractivity contribution in [3.05, 3.63) is 23.2 Å². The molecule has 0 aromatic heterocycles. The van der Waals surface area contributed by atoms with Crippen LogP contribution in [0.5, 0.6) is 0 Å². The quantitative estimate of drug-likeness (QED) is 0.723. The fraction of sp³-hybridized carbons (Fsp3) is 0.545. The fourth-order valence-corrected chi connectivity index (χ4v) is 3.06. The highest BCUT2D eigenvalue weighted by molar-refractivity contribution is 9.09. The number of halogens is 1. The molecule has 2 atom stereocenters. The lowest BCUT2D eigenvalue weighted by molar-refractivity contribution is -0.114. The second-order valence-electron chi connectivity index (χ2n) is 3.70. The third kappa shape index (κ3) is 1.61. The molecule has 82 valence electrons. The lowest BCUT2D eigenvalue weighted by Gasteiger charge is -2.26. The molecule has 2 rings (SSSR count). The third-order valence-corrected chi connectivity index (χ3v) is 4.06. The average molecular weight is 273 g/mol. The second-order valence-corrected chi connectivity index (χ2v) is 4.69. The summed E-state index contributed by atoms with van der Waals surface area (Å²) in [4.78, 5) is 11.8. The molecule has 0 aromatic rings. The van der Waals surface area contributed by atoms with E-state index in [0.717, 1.165) is 17.8 Å². The molecular weight excluding hydrogens is 260 g/mol. The Bertz CT molecular complexity index is 357. The van der Waals surface area contributed by atoms with Crippen molar-refractivity contribution in [3.63, 3.8) is 0 Å². The first-order valence-electron chi connectivity index (χ1n) is 4.90. The van der Waals surface area contributed by atoms with Gasteiger partial charge in [0.1, 0.15) is 11.5 Å². The number of ketones is 1. The molecule has 2 aliphatic rings. The van der Waals surface area contributed by atoms with E-state index >= 15 is 0 Å². The Balaban J connectivity index is 2.46. The summed E-state index contributed by atoms with van der Waals surface area (Å²) in [7, 11) is 3.22. The normalized spacial score (nSPS) is 30.1. The molecule has 0 heterocycles. The molecule has 1 saturated carbocycles. The van der Waals surface area contributed by atoms with Crippen LogP contribution >= 0.6 is 15.9 Å². The molecule has 2 aliphatic carbocycles. The topological polar surface area (TPSA) is 35.5 Å². The van der Waals surface area contributed by atoms with E-state index in [0.29, 0.717) is 12.2 Å². The van der Waals surface area contributed by atoms with Gasteiger partial charge in [-0.3, -0.25) is 4.79 Å². The highest BCUT2D eigenvalue weighted by Gasteiger charge is 2.40. The first kappa shape index (κ1) is 10.7. The minimum atomic E-state index is 0.0999. The molecule has 0 aliphatic heterocycles. The SMILES string of the molecule is COC1=CC(OC)=C2C(=O)CCC2C1Br. The molecule has 0 spiro atoms. The van der Waals surface area contributed by atoms with Crippen LogP contribution in [0.1, 0.15) is 12.8 Å². The monoisotopic (exact) mass is 272 g/mol. The number of carbonyl (C=O) groups is 1. The smallest absolute Gasteiger partial charge is 0.162 e. The van der Waals surface area contributed by atoms with Crippen LogP contribution in [0.4, 0.5) is 0 Å². The largest absolute Gasteiger partial charge is 0.500 e. The van der Waals surface area contributed by atoms with Crippen molar-refractivity contribution in [3.8, 4) is 0 Å². The second kappa shape index (κ2) is 4.00. The average Bonchev–Trinajstić information content (AvgIpc) is 2.63. The summed E-state index contributed by atoms with van der Waals surface area (Å²) >= 11 is 3.57. The van der Waals surface area contributed by atoms with Gasteiger partial charge in [0, 0.05) is 24.0 Å². The van der Waals surface area contributed by atoms with Gasteiger partial charge in [-0.1, -0.05) is 15.9 Å². The number of hydrogen-bond acceptors (Lipinski definition) is 3. The maximum atomic E-state index is 11.7. The summed E-state index contributed by atoms with van der Waals surface area (Å²) in [6.07, 6.45) is 3.28. The summed E-state index contributed by atoms with van der Waals surface area (Å²) in [5.41, 5.74) is 0.820. The van der Waals surface area contributed by atoms with E-state index in [2.05, 4.69) is 15.9 Å². The van der Waals surface area contributed by atoms with Gasteiger partial charge in [-0.15, -0.1) is 0 Å². The van der Waals surface area contributed by atoms with Crippen molar-refractivity contribution < 1.29 is 14.3 Å². The number of ether oxygens (including phenoxy) is 2. The minimum absolute atomic E-state index is 0.0999. The lowest BCUT2D eigenvalue weighted by Crippen LogP contribution is -2.23. The van der Waals surface area contributed by atoms with Crippen molar-refractivity contribution in [2.45, 2.75) is 17.7 Å². The van der Waals surface area contributed by atoms with Crippen LogP contribution in [0.2, 0.25) is 0 Å². The minimum Gasteiger partial charge on any atom is -0.500 e. The van der Waals surface area contributed by atoms with Crippen molar-refractivity contribution in [2.24, 2.45) is 5.92 Å². The van der Waals surface area contributed by atoms with Crippen LogP contribution < -0.4 is 0 Å². The highest BCUT2D eigenvalue weighted by Crippen LogP contribution is 2.42. The maximum Gasteiger partial charge on any atom is 0.162 e. The molecule has 0 amide bonds. The Morgan fingerprint density at radius 2 is 2.13 bits per heavy atom. The number of alkyl halides is 1. The van der Waals surface area contributed by atoms with Gasteiger partial charge >= 0.3 is 0 Å². The van der Waals surface area contributed by atoms with Gasteiger partial charge in [0.25, 0.3) is 0 Å². The molecule has 2 unspecified atom stereocenters. The van der Waals surface area contributed by atoms with Crippen LogP contribution in [-0.4, -0.2) is 24.8 Å². The molecule has 0 aromatic carbocycles.